The maximum Gasteiger partial charge on any atom is 0.328 e. The zero-order valence-electron chi connectivity index (χ0n) is 14.4. The summed E-state index contributed by atoms with van der Waals surface area (Å²) in [6, 6.07) is 13.8. The molecule has 138 valence electrons. The number of carbonyl (C=O) groups is 3. The first kappa shape index (κ1) is 19.9. The summed E-state index contributed by atoms with van der Waals surface area (Å²) in [6.45, 7) is 0.883. The van der Waals surface area contributed by atoms with Gasteiger partial charge in [0.25, 0.3) is 11.8 Å². The molecule has 0 bridgehead atoms. The fourth-order valence-corrected chi connectivity index (χ4v) is 2.27. The molecule has 0 saturated carbocycles. The highest BCUT2D eigenvalue weighted by atomic mass is 35.5. The van der Waals surface area contributed by atoms with Gasteiger partial charge in [-0.25, -0.2) is 4.79 Å². The Hall–Kier alpha value is -3.37. The summed E-state index contributed by atoms with van der Waals surface area (Å²) in [4.78, 5) is 35.9. The molecule has 0 fully saturated rings. The van der Waals surface area contributed by atoms with Crippen LogP contribution in [0.1, 0.15) is 22.8 Å². The molecule has 0 aliphatic rings. The largest absolute Gasteiger partial charge is 0.454 e. The number of hydrogen-bond donors (Lipinski definition) is 2. The van der Waals surface area contributed by atoms with Crippen LogP contribution in [0.25, 0.3) is 0 Å². The van der Waals surface area contributed by atoms with Crippen molar-refractivity contribution in [3.8, 4) is 6.07 Å². The molecule has 2 amide bonds. The third kappa shape index (κ3) is 5.83. The van der Waals surface area contributed by atoms with Crippen LogP contribution in [0.3, 0.4) is 0 Å². The van der Waals surface area contributed by atoms with Gasteiger partial charge in [0.15, 0.2) is 6.61 Å². The van der Waals surface area contributed by atoms with Crippen molar-refractivity contribution < 1.29 is 19.1 Å². The first-order valence-electron chi connectivity index (χ1n) is 7.92. The summed E-state index contributed by atoms with van der Waals surface area (Å²) in [7, 11) is 0. The summed E-state index contributed by atoms with van der Waals surface area (Å²) in [5.41, 5.74) is 0.846. The third-order valence-electron chi connectivity index (χ3n) is 3.46. The number of rotatable bonds is 6. The molecule has 7 nitrogen and oxygen atoms in total. The van der Waals surface area contributed by atoms with Crippen LogP contribution in [0.15, 0.2) is 48.5 Å². The van der Waals surface area contributed by atoms with Crippen molar-refractivity contribution in [1.29, 1.82) is 5.26 Å². The third-order valence-corrected chi connectivity index (χ3v) is 3.69. The molecule has 8 heteroatoms. The molecule has 1 atom stereocenters. The molecule has 0 aliphatic carbocycles. The van der Waals surface area contributed by atoms with Crippen molar-refractivity contribution in [1.82, 2.24) is 5.32 Å². The van der Waals surface area contributed by atoms with Gasteiger partial charge in [-0.05, 0) is 37.3 Å². The van der Waals surface area contributed by atoms with Gasteiger partial charge < -0.3 is 15.4 Å². The maximum atomic E-state index is 12.0. The summed E-state index contributed by atoms with van der Waals surface area (Å²) >= 11 is 5.84. The number of benzene rings is 2. The van der Waals surface area contributed by atoms with Crippen molar-refractivity contribution in [2.45, 2.75) is 13.0 Å². The minimum atomic E-state index is -0.939. The highest BCUT2D eigenvalue weighted by Crippen LogP contribution is 2.20. The van der Waals surface area contributed by atoms with E-state index in [1.165, 1.54) is 25.1 Å². The standard InChI is InChI=1S/C19H16ClN3O4/c1-12(22-18(25)13-5-3-2-4-6-13)19(26)27-11-17(24)23-16-9-15(20)8-7-14(16)10-21/h2-9,12H,11H2,1H3,(H,22,25)(H,23,24)/t12-/m0/s1. The molecule has 2 aromatic carbocycles. The Kier molecular flexibility index (Phi) is 6.92. The fourth-order valence-electron chi connectivity index (χ4n) is 2.09. The molecule has 0 radical (unpaired) electrons. The zero-order chi connectivity index (χ0) is 19.8. The Labute approximate surface area is 160 Å². The molecule has 0 heterocycles. The predicted molar refractivity (Wildman–Crippen MR) is 99.1 cm³/mol. The van der Waals surface area contributed by atoms with E-state index >= 15 is 0 Å². The number of carbonyl (C=O) groups excluding carboxylic acids is 3. The monoisotopic (exact) mass is 385 g/mol. The van der Waals surface area contributed by atoms with Gasteiger partial charge in [-0.2, -0.15) is 5.26 Å². The topological polar surface area (TPSA) is 108 Å². The average Bonchev–Trinajstić information content (AvgIpc) is 2.66. The van der Waals surface area contributed by atoms with E-state index in [1.807, 2.05) is 6.07 Å². The van der Waals surface area contributed by atoms with E-state index in [-0.39, 0.29) is 11.3 Å². The van der Waals surface area contributed by atoms with Crippen molar-refractivity contribution in [2.75, 3.05) is 11.9 Å². The van der Waals surface area contributed by atoms with E-state index in [0.29, 0.717) is 10.6 Å². The van der Waals surface area contributed by atoms with Crippen molar-refractivity contribution >= 4 is 35.1 Å². The van der Waals surface area contributed by atoms with E-state index in [9.17, 15) is 14.4 Å². The second kappa shape index (κ2) is 9.36. The molecule has 2 N–H and O–H groups in total. The molecule has 0 aromatic heterocycles. The number of esters is 1. The maximum absolute atomic E-state index is 12.0. The first-order valence-corrected chi connectivity index (χ1v) is 8.30. The van der Waals surface area contributed by atoms with Crippen LogP contribution in [0.2, 0.25) is 5.02 Å². The quantitative estimate of drug-likeness (QED) is 0.743. The Bertz CT molecular complexity index is 894. The molecule has 0 saturated heterocycles. The Morgan fingerprint density at radius 1 is 1.19 bits per heavy atom. The summed E-state index contributed by atoms with van der Waals surface area (Å²) in [5.74, 6) is -1.83. The van der Waals surface area contributed by atoms with E-state index in [2.05, 4.69) is 10.6 Å². The van der Waals surface area contributed by atoms with Gasteiger partial charge in [0, 0.05) is 10.6 Å². The fraction of sp³-hybridized carbons (Fsp3) is 0.158. The Balaban J connectivity index is 1.86. The highest BCUT2D eigenvalue weighted by molar-refractivity contribution is 6.31. The SMILES string of the molecule is C[C@H](NC(=O)c1ccccc1)C(=O)OCC(=O)Nc1cc(Cl)ccc1C#N. The van der Waals surface area contributed by atoms with Gasteiger partial charge in [-0.3, -0.25) is 9.59 Å². The number of nitrogens with zero attached hydrogens (tertiary/aromatic N) is 1. The number of nitriles is 1. The van der Waals surface area contributed by atoms with Crippen LogP contribution in [0.4, 0.5) is 5.69 Å². The molecule has 27 heavy (non-hydrogen) atoms. The van der Waals surface area contributed by atoms with Gasteiger partial charge in [0.2, 0.25) is 0 Å². The average molecular weight is 386 g/mol. The normalized spacial score (nSPS) is 11.0. The highest BCUT2D eigenvalue weighted by Gasteiger charge is 2.19. The van der Waals surface area contributed by atoms with E-state index in [0.717, 1.165) is 0 Å². The van der Waals surface area contributed by atoms with Crippen LogP contribution in [-0.4, -0.2) is 30.4 Å². The lowest BCUT2D eigenvalue weighted by Gasteiger charge is -2.13. The number of anilines is 1. The molecule has 2 rings (SSSR count). The number of halogens is 1. The lowest BCUT2D eigenvalue weighted by molar-refractivity contribution is -0.148. The Morgan fingerprint density at radius 2 is 1.89 bits per heavy atom. The molecular formula is C19H16ClN3O4. The van der Waals surface area contributed by atoms with Crippen LogP contribution in [0.5, 0.6) is 0 Å². The number of nitrogens with one attached hydrogen (secondary N) is 2. The van der Waals surface area contributed by atoms with Crippen LogP contribution in [0, 0.1) is 11.3 Å². The zero-order valence-corrected chi connectivity index (χ0v) is 15.1. The number of hydrogen-bond acceptors (Lipinski definition) is 5. The van der Waals surface area contributed by atoms with E-state index in [1.54, 1.807) is 30.3 Å². The molecule has 2 aromatic rings. The number of amides is 2. The van der Waals surface area contributed by atoms with Gasteiger partial charge in [-0.1, -0.05) is 29.8 Å². The van der Waals surface area contributed by atoms with Crippen molar-refractivity contribution in [3.05, 3.63) is 64.7 Å². The van der Waals surface area contributed by atoms with Gasteiger partial charge in [0.1, 0.15) is 12.1 Å². The van der Waals surface area contributed by atoms with E-state index in [4.69, 9.17) is 21.6 Å². The van der Waals surface area contributed by atoms with Crippen LogP contribution < -0.4 is 10.6 Å². The van der Waals surface area contributed by atoms with Crippen LogP contribution in [-0.2, 0) is 14.3 Å². The Morgan fingerprint density at radius 3 is 2.56 bits per heavy atom. The number of ether oxygens (including phenoxy) is 1. The summed E-state index contributed by atoms with van der Waals surface area (Å²) in [6.07, 6.45) is 0. The van der Waals surface area contributed by atoms with Gasteiger partial charge >= 0.3 is 5.97 Å². The predicted octanol–water partition coefficient (Wildman–Crippen LogP) is 2.51. The van der Waals surface area contributed by atoms with Crippen molar-refractivity contribution in [3.63, 3.8) is 0 Å². The molecule has 0 spiro atoms. The van der Waals surface area contributed by atoms with Gasteiger partial charge in [-0.15, -0.1) is 0 Å². The second-order valence-electron chi connectivity index (χ2n) is 5.52. The smallest absolute Gasteiger partial charge is 0.328 e. The lowest BCUT2D eigenvalue weighted by atomic mass is 10.2. The summed E-state index contributed by atoms with van der Waals surface area (Å²) in [5, 5.41) is 14.3. The summed E-state index contributed by atoms with van der Waals surface area (Å²) < 4.78 is 4.90. The van der Waals surface area contributed by atoms with Gasteiger partial charge in [0.05, 0.1) is 11.3 Å². The van der Waals surface area contributed by atoms with Crippen molar-refractivity contribution in [2.24, 2.45) is 0 Å². The minimum absolute atomic E-state index is 0.219. The molecule has 0 aliphatic heterocycles. The van der Waals surface area contributed by atoms with E-state index < -0.39 is 30.4 Å². The lowest BCUT2D eigenvalue weighted by Crippen LogP contribution is -2.40. The van der Waals surface area contributed by atoms with Crippen LogP contribution >= 0.6 is 11.6 Å². The molecule has 0 unspecified atom stereocenters. The second-order valence-corrected chi connectivity index (χ2v) is 5.96. The minimum Gasteiger partial charge on any atom is -0.454 e. The first-order chi connectivity index (χ1) is 12.9. The molecular weight excluding hydrogens is 370 g/mol.